The van der Waals surface area contributed by atoms with Gasteiger partial charge in [0.2, 0.25) is 5.88 Å². The van der Waals surface area contributed by atoms with E-state index in [-0.39, 0.29) is 5.91 Å². The van der Waals surface area contributed by atoms with E-state index in [9.17, 15) is 4.79 Å². The second-order valence-electron chi connectivity index (χ2n) is 7.05. The van der Waals surface area contributed by atoms with Crippen LogP contribution < -0.4 is 4.74 Å². The molecule has 0 radical (unpaired) electrons. The first-order chi connectivity index (χ1) is 11.1. The van der Waals surface area contributed by atoms with Gasteiger partial charge in [-0.05, 0) is 44.8 Å². The minimum absolute atomic E-state index is 0.0778. The van der Waals surface area contributed by atoms with Crippen molar-refractivity contribution in [3.8, 4) is 5.88 Å². The molecule has 1 saturated heterocycles. The van der Waals surface area contributed by atoms with E-state index in [0.29, 0.717) is 29.3 Å². The normalized spacial score (nSPS) is 24.3. The van der Waals surface area contributed by atoms with Crippen LogP contribution in [-0.4, -0.2) is 60.5 Å². The molecule has 2 aliphatic rings. The molecule has 126 valence electrons. The van der Waals surface area contributed by atoms with Gasteiger partial charge in [0.1, 0.15) is 0 Å². The van der Waals surface area contributed by atoms with Crippen molar-refractivity contribution in [2.75, 3.05) is 33.8 Å². The second kappa shape index (κ2) is 6.87. The van der Waals surface area contributed by atoms with Crippen LogP contribution in [0.25, 0.3) is 0 Å². The summed E-state index contributed by atoms with van der Waals surface area (Å²) >= 11 is 0. The zero-order valence-corrected chi connectivity index (χ0v) is 14.4. The molecule has 2 fully saturated rings. The SMILES string of the molecule is CC[C@H]1CN(C(=O)c2ccc(OCC3CC3)nc2)C[C@H]1N(C)C. The molecule has 0 spiro atoms. The highest BCUT2D eigenvalue weighted by Crippen LogP contribution is 2.29. The van der Waals surface area contributed by atoms with Crippen molar-refractivity contribution in [1.82, 2.24) is 14.8 Å². The Labute approximate surface area is 138 Å². The Morgan fingerprint density at radius 1 is 1.35 bits per heavy atom. The van der Waals surface area contributed by atoms with E-state index in [2.05, 4.69) is 30.9 Å². The molecule has 1 aromatic rings. The molecule has 1 saturated carbocycles. The number of aromatic nitrogens is 1. The van der Waals surface area contributed by atoms with E-state index >= 15 is 0 Å². The third-order valence-corrected chi connectivity index (χ3v) is 5.03. The molecule has 2 atom stereocenters. The van der Waals surface area contributed by atoms with Crippen LogP contribution in [0.5, 0.6) is 5.88 Å². The monoisotopic (exact) mass is 317 g/mol. The van der Waals surface area contributed by atoms with Gasteiger partial charge in [0.15, 0.2) is 0 Å². The number of ether oxygens (including phenoxy) is 1. The number of pyridine rings is 1. The van der Waals surface area contributed by atoms with Crippen LogP contribution in [-0.2, 0) is 0 Å². The fourth-order valence-corrected chi connectivity index (χ4v) is 3.27. The molecule has 5 nitrogen and oxygen atoms in total. The molecule has 0 unspecified atom stereocenters. The summed E-state index contributed by atoms with van der Waals surface area (Å²) < 4.78 is 5.63. The largest absolute Gasteiger partial charge is 0.477 e. The van der Waals surface area contributed by atoms with E-state index in [1.807, 2.05) is 17.0 Å². The van der Waals surface area contributed by atoms with Gasteiger partial charge in [0.05, 0.1) is 12.2 Å². The Kier molecular flexibility index (Phi) is 4.85. The predicted molar refractivity (Wildman–Crippen MR) is 89.6 cm³/mol. The van der Waals surface area contributed by atoms with Crippen LogP contribution in [0, 0.1) is 11.8 Å². The average Bonchev–Trinajstić information content (AvgIpc) is 3.28. The molecule has 0 aromatic carbocycles. The summed E-state index contributed by atoms with van der Waals surface area (Å²) in [6.45, 7) is 4.57. The highest BCUT2D eigenvalue weighted by atomic mass is 16.5. The molecule has 1 aromatic heterocycles. The summed E-state index contributed by atoms with van der Waals surface area (Å²) in [5.41, 5.74) is 0.651. The minimum atomic E-state index is 0.0778. The molecule has 1 amide bonds. The highest BCUT2D eigenvalue weighted by Gasteiger charge is 2.35. The molecule has 0 N–H and O–H groups in total. The molecule has 3 rings (SSSR count). The maximum Gasteiger partial charge on any atom is 0.255 e. The van der Waals surface area contributed by atoms with Crippen molar-refractivity contribution < 1.29 is 9.53 Å². The van der Waals surface area contributed by atoms with Gasteiger partial charge in [-0.2, -0.15) is 0 Å². The fourth-order valence-electron chi connectivity index (χ4n) is 3.27. The lowest BCUT2D eigenvalue weighted by Gasteiger charge is -2.23. The van der Waals surface area contributed by atoms with Gasteiger partial charge < -0.3 is 14.5 Å². The number of likely N-dealkylation sites (tertiary alicyclic amines) is 1. The summed E-state index contributed by atoms with van der Waals surface area (Å²) in [6.07, 6.45) is 5.27. The second-order valence-corrected chi connectivity index (χ2v) is 7.05. The summed E-state index contributed by atoms with van der Waals surface area (Å²) in [5, 5.41) is 0. The number of hydrogen-bond donors (Lipinski definition) is 0. The van der Waals surface area contributed by atoms with Crippen LogP contribution in [0.2, 0.25) is 0 Å². The van der Waals surface area contributed by atoms with Crippen molar-refractivity contribution in [1.29, 1.82) is 0 Å². The van der Waals surface area contributed by atoms with Crippen LogP contribution in [0.3, 0.4) is 0 Å². The summed E-state index contributed by atoms with van der Waals surface area (Å²) in [5.74, 6) is 1.95. The van der Waals surface area contributed by atoms with Gasteiger partial charge in [0.25, 0.3) is 5.91 Å². The summed E-state index contributed by atoms with van der Waals surface area (Å²) in [4.78, 5) is 21.2. The fraction of sp³-hybridized carbons (Fsp3) is 0.667. The first kappa shape index (κ1) is 16.2. The van der Waals surface area contributed by atoms with E-state index < -0.39 is 0 Å². The van der Waals surface area contributed by atoms with E-state index in [0.717, 1.165) is 26.1 Å². The van der Waals surface area contributed by atoms with Gasteiger partial charge in [-0.3, -0.25) is 4.79 Å². The van der Waals surface area contributed by atoms with E-state index in [4.69, 9.17) is 4.74 Å². The molecule has 23 heavy (non-hydrogen) atoms. The van der Waals surface area contributed by atoms with Gasteiger partial charge >= 0.3 is 0 Å². The Morgan fingerprint density at radius 3 is 2.65 bits per heavy atom. The summed E-state index contributed by atoms with van der Waals surface area (Å²) in [6, 6.07) is 4.09. The lowest BCUT2D eigenvalue weighted by atomic mass is 10.0. The predicted octanol–water partition coefficient (Wildman–Crippen LogP) is 2.28. The first-order valence-electron chi connectivity index (χ1n) is 8.63. The molecule has 5 heteroatoms. The third kappa shape index (κ3) is 3.83. The van der Waals surface area contributed by atoms with Crippen LogP contribution in [0.15, 0.2) is 18.3 Å². The summed E-state index contributed by atoms with van der Waals surface area (Å²) in [7, 11) is 4.18. The molecule has 2 heterocycles. The highest BCUT2D eigenvalue weighted by molar-refractivity contribution is 5.94. The van der Waals surface area contributed by atoms with Crippen molar-refractivity contribution in [2.24, 2.45) is 11.8 Å². The smallest absolute Gasteiger partial charge is 0.255 e. The number of hydrogen-bond acceptors (Lipinski definition) is 4. The third-order valence-electron chi connectivity index (χ3n) is 5.03. The van der Waals surface area contributed by atoms with E-state index in [1.165, 1.54) is 12.8 Å². The van der Waals surface area contributed by atoms with Crippen molar-refractivity contribution in [2.45, 2.75) is 32.2 Å². The first-order valence-corrected chi connectivity index (χ1v) is 8.63. The molecular formula is C18H27N3O2. The number of carbonyl (C=O) groups excluding carboxylic acids is 1. The van der Waals surface area contributed by atoms with Gasteiger partial charge in [-0.1, -0.05) is 13.3 Å². The van der Waals surface area contributed by atoms with Crippen molar-refractivity contribution in [3.05, 3.63) is 23.9 Å². The number of rotatable bonds is 6. The van der Waals surface area contributed by atoms with Gasteiger partial charge in [-0.25, -0.2) is 4.98 Å². The van der Waals surface area contributed by atoms with Crippen LogP contribution in [0.4, 0.5) is 0 Å². The average molecular weight is 317 g/mol. The molecule has 0 bridgehead atoms. The van der Waals surface area contributed by atoms with E-state index in [1.54, 1.807) is 6.20 Å². The number of carbonyl (C=O) groups is 1. The lowest BCUT2D eigenvalue weighted by molar-refractivity contribution is 0.0780. The topological polar surface area (TPSA) is 45.7 Å². The number of amides is 1. The maximum absolute atomic E-state index is 12.7. The Balaban J connectivity index is 1.61. The van der Waals surface area contributed by atoms with Crippen LogP contribution >= 0.6 is 0 Å². The number of nitrogens with zero attached hydrogens (tertiary/aromatic N) is 3. The quantitative estimate of drug-likeness (QED) is 0.807. The lowest BCUT2D eigenvalue weighted by Crippen LogP contribution is -2.36. The molecule has 1 aliphatic carbocycles. The zero-order valence-electron chi connectivity index (χ0n) is 14.4. The van der Waals surface area contributed by atoms with Crippen molar-refractivity contribution in [3.63, 3.8) is 0 Å². The minimum Gasteiger partial charge on any atom is -0.477 e. The Morgan fingerprint density at radius 2 is 2.13 bits per heavy atom. The van der Waals surface area contributed by atoms with Crippen molar-refractivity contribution >= 4 is 5.91 Å². The Bertz CT molecular complexity index is 540. The molecule has 1 aliphatic heterocycles. The maximum atomic E-state index is 12.7. The van der Waals surface area contributed by atoms with Gasteiger partial charge in [-0.15, -0.1) is 0 Å². The Hall–Kier alpha value is -1.62. The number of likely N-dealkylation sites (N-methyl/N-ethyl adjacent to an activating group) is 1. The van der Waals surface area contributed by atoms with Crippen LogP contribution in [0.1, 0.15) is 36.5 Å². The van der Waals surface area contributed by atoms with Gasteiger partial charge in [0, 0.05) is 31.4 Å². The zero-order chi connectivity index (χ0) is 16.4. The molecular weight excluding hydrogens is 290 g/mol. The standard InChI is InChI=1S/C18H27N3O2/c1-4-14-10-21(11-16(14)20(2)3)18(22)15-7-8-17(19-9-15)23-12-13-5-6-13/h7-9,13-14,16H,4-6,10-12H2,1-3H3/t14-,16+/m0/s1.